The van der Waals surface area contributed by atoms with E-state index in [1.165, 1.54) is 5.69 Å². The van der Waals surface area contributed by atoms with Crippen LogP contribution in [0.15, 0.2) is 68.5 Å². The smallest absolute Gasteiger partial charge is 0.148 e. The molecule has 0 unspecified atom stereocenters. The van der Waals surface area contributed by atoms with Gasteiger partial charge in [-0.3, -0.25) is 4.99 Å². The average molecular weight is 599 g/mol. The van der Waals surface area contributed by atoms with Crippen LogP contribution in [0.25, 0.3) is 0 Å². The standard InChI is InChI=1S/C24H20Br2Cl2N2O2/c25-20-11-17(12-21(26)24(20)32-15-16-1-6-22(27)23(28)13-16)14-29-18-2-4-19(5-3-18)30-7-9-31-10-8-30/h1-6,11-14H,7-10,15H2. The monoisotopic (exact) mass is 596 g/mol. The molecule has 166 valence electrons. The molecular weight excluding hydrogens is 579 g/mol. The largest absolute Gasteiger partial charge is 0.487 e. The maximum atomic E-state index is 6.08. The minimum atomic E-state index is 0.372. The summed E-state index contributed by atoms with van der Waals surface area (Å²) in [4.78, 5) is 6.93. The number of hydrogen-bond acceptors (Lipinski definition) is 4. The van der Waals surface area contributed by atoms with E-state index in [1.54, 1.807) is 12.1 Å². The predicted molar refractivity (Wildman–Crippen MR) is 139 cm³/mol. The number of rotatable bonds is 6. The molecule has 4 nitrogen and oxygen atoms in total. The van der Waals surface area contributed by atoms with Crippen molar-refractivity contribution < 1.29 is 9.47 Å². The summed E-state index contributed by atoms with van der Waals surface area (Å²) in [6, 6.07) is 17.7. The Bertz CT molecular complexity index is 1090. The van der Waals surface area contributed by atoms with Crippen molar-refractivity contribution in [1.29, 1.82) is 0 Å². The van der Waals surface area contributed by atoms with Gasteiger partial charge in [0.15, 0.2) is 0 Å². The number of hydrogen-bond donors (Lipinski definition) is 0. The Hall–Kier alpha value is -1.57. The third kappa shape index (κ3) is 6.06. The highest BCUT2D eigenvalue weighted by atomic mass is 79.9. The summed E-state index contributed by atoms with van der Waals surface area (Å²) in [5, 5.41) is 1.03. The van der Waals surface area contributed by atoms with Crippen molar-refractivity contribution in [2.24, 2.45) is 4.99 Å². The minimum Gasteiger partial charge on any atom is -0.487 e. The number of ether oxygens (including phenoxy) is 2. The van der Waals surface area contributed by atoms with Gasteiger partial charge in [0.05, 0.1) is 37.9 Å². The molecule has 1 aliphatic rings. The van der Waals surface area contributed by atoms with Crippen LogP contribution in [0.5, 0.6) is 5.75 Å². The number of aliphatic imine (C=N–C) groups is 1. The van der Waals surface area contributed by atoms with Crippen LogP contribution in [0.3, 0.4) is 0 Å². The van der Waals surface area contributed by atoms with Crippen molar-refractivity contribution in [3.63, 3.8) is 0 Å². The lowest BCUT2D eigenvalue weighted by Gasteiger charge is -2.28. The van der Waals surface area contributed by atoms with Gasteiger partial charge in [0.1, 0.15) is 12.4 Å². The predicted octanol–water partition coefficient (Wildman–Crippen LogP) is 7.68. The van der Waals surface area contributed by atoms with Crippen molar-refractivity contribution in [2.45, 2.75) is 6.61 Å². The first-order valence-electron chi connectivity index (χ1n) is 10.0. The summed E-state index contributed by atoms with van der Waals surface area (Å²) in [5.74, 6) is 0.711. The van der Waals surface area contributed by atoms with Crippen molar-refractivity contribution in [2.75, 3.05) is 31.2 Å². The molecule has 0 aliphatic carbocycles. The Labute approximate surface area is 214 Å². The number of morpholine rings is 1. The average Bonchev–Trinajstić information content (AvgIpc) is 2.80. The molecule has 8 heteroatoms. The Morgan fingerprint density at radius 1 is 0.938 bits per heavy atom. The minimum absolute atomic E-state index is 0.372. The first-order chi connectivity index (χ1) is 15.5. The summed E-state index contributed by atoms with van der Waals surface area (Å²) >= 11 is 19.3. The van der Waals surface area contributed by atoms with Gasteiger partial charge in [0, 0.05) is 25.0 Å². The quantitative estimate of drug-likeness (QED) is 0.273. The van der Waals surface area contributed by atoms with Crippen LogP contribution < -0.4 is 9.64 Å². The van der Waals surface area contributed by atoms with E-state index in [9.17, 15) is 0 Å². The third-order valence-corrected chi connectivity index (χ3v) is 6.89. The van der Waals surface area contributed by atoms with Gasteiger partial charge in [-0.15, -0.1) is 0 Å². The van der Waals surface area contributed by atoms with Crippen molar-refractivity contribution in [3.05, 3.63) is 84.7 Å². The Morgan fingerprint density at radius 3 is 2.28 bits per heavy atom. The zero-order chi connectivity index (χ0) is 22.5. The fraction of sp³-hybridized carbons (Fsp3) is 0.208. The molecule has 1 fully saturated rings. The molecule has 4 rings (SSSR count). The first kappa shape index (κ1) is 23.6. The summed E-state index contributed by atoms with van der Waals surface area (Å²) in [6.07, 6.45) is 1.84. The van der Waals surface area contributed by atoms with Crippen LogP contribution in [0.2, 0.25) is 10.0 Å². The van der Waals surface area contributed by atoms with E-state index in [0.29, 0.717) is 22.4 Å². The number of halogens is 4. The molecule has 1 saturated heterocycles. The second-order valence-electron chi connectivity index (χ2n) is 7.22. The molecule has 1 aliphatic heterocycles. The highest BCUT2D eigenvalue weighted by Gasteiger charge is 2.11. The molecule has 0 N–H and O–H groups in total. The van der Waals surface area contributed by atoms with Gasteiger partial charge in [0.2, 0.25) is 0 Å². The topological polar surface area (TPSA) is 34.1 Å². The van der Waals surface area contributed by atoms with Crippen LogP contribution in [0, 0.1) is 0 Å². The molecule has 1 heterocycles. The van der Waals surface area contributed by atoms with Crippen LogP contribution in [-0.2, 0) is 11.3 Å². The number of nitrogens with zero attached hydrogens (tertiary/aromatic N) is 2. The summed E-state index contributed by atoms with van der Waals surface area (Å²) in [6.45, 7) is 3.76. The van der Waals surface area contributed by atoms with Gasteiger partial charge in [-0.05, 0) is 91.5 Å². The maximum Gasteiger partial charge on any atom is 0.148 e. The van der Waals surface area contributed by atoms with E-state index in [1.807, 2.05) is 36.5 Å². The SMILES string of the molecule is Clc1ccc(COc2c(Br)cc(C=Nc3ccc(N4CCOCC4)cc3)cc2Br)cc1Cl. The molecule has 3 aromatic carbocycles. The molecule has 0 amide bonds. The maximum absolute atomic E-state index is 6.08. The fourth-order valence-corrected chi connectivity index (χ4v) is 5.07. The van der Waals surface area contributed by atoms with E-state index in [0.717, 1.165) is 52.1 Å². The Kier molecular flexibility index (Phi) is 8.13. The zero-order valence-corrected chi connectivity index (χ0v) is 21.7. The van der Waals surface area contributed by atoms with Crippen LogP contribution in [-0.4, -0.2) is 32.5 Å². The highest BCUT2D eigenvalue weighted by molar-refractivity contribution is 9.11. The number of benzene rings is 3. The Morgan fingerprint density at radius 2 is 1.62 bits per heavy atom. The van der Waals surface area contributed by atoms with E-state index >= 15 is 0 Å². The Balaban J connectivity index is 1.42. The molecule has 0 radical (unpaired) electrons. The van der Waals surface area contributed by atoms with Gasteiger partial charge >= 0.3 is 0 Å². The van der Waals surface area contributed by atoms with E-state index in [-0.39, 0.29) is 0 Å². The second kappa shape index (κ2) is 11.0. The van der Waals surface area contributed by atoms with Gasteiger partial charge in [-0.1, -0.05) is 29.3 Å². The first-order valence-corrected chi connectivity index (χ1v) is 12.4. The fourth-order valence-electron chi connectivity index (χ4n) is 3.30. The molecule has 32 heavy (non-hydrogen) atoms. The van der Waals surface area contributed by atoms with Gasteiger partial charge in [-0.25, -0.2) is 0 Å². The van der Waals surface area contributed by atoms with Crippen LogP contribution in [0.4, 0.5) is 11.4 Å². The molecule has 0 spiro atoms. The molecular formula is C24H20Br2Cl2N2O2. The lowest BCUT2D eigenvalue weighted by Crippen LogP contribution is -2.36. The van der Waals surface area contributed by atoms with Crippen LogP contribution in [0.1, 0.15) is 11.1 Å². The lowest BCUT2D eigenvalue weighted by atomic mass is 10.2. The number of anilines is 1. The van der Waals surface area contributed by atoms with Crippen molar-refractivity contribution in [1.82, 2.24) is 0 Å². The molecule has 0 saturated carbocycles. The molecule has 3 aromatic rings. The van der Waals surface area contributed by atoms with Crippen molar-refractivity contribution in [3.8, 4) is 5.75 Å². The van der Waals surface area contributed by atoms with Crippen molar-refractivity contribution >= 4 is 72.7 Å². The van der Waals surface area contributed by atoms with Gasteiger partial charge in [-0.2, -0.15) is 0 Å². The zero-order valence-electron chi connectivity index (χ0n) is 17.0. The van der Waals surface area contributed by atoms with E-state index in [4.69, 9.17) is 32.7 Å². The lowest BCUT2D eigenvalue weighted by molar-refractivity contribution is 0.122. The summed E-state index contributed by atoms with van der Waals surface area (Å²) in [7, 11) is 0. The molecule has 0 aromatic heterocycles. The van der Waals surface area contributed by atoms with Gasteiger partial charge in [0.25, 0.3) is 0 Å². The summed E-state index contributed by atoms with van der Waals surface area (Å²) in [5.41, 5.74) is 3.97. The van der Waals surface area contributed by atoms with E-state index in [2.05, 4.69) is 53.9 Å². The second-order valence-corrected chi connectivity index (χ2v) is 9.75. The normalized spacial score (nSPS) is 14.2. The van der Waals surface area contributed by atoms with E-state index < -0.39 is 0 Å². The van der Waals surface area contributed by atoms with Crippen LogP contribution >= 0.6 is 55.1 Å². The van der Waals surface area contributed by atoms with Gasteiger partial charge < -0.3 is 14.4 Å². The summed E-state index contributed by atoms with van der Waals surface area (Å²) < 4.78 is 13.1. The third-order valence-electron chi connectivity index (χ3n) is 4.98. The highest BCUT2D eigenvalue weighted by Crippen LogP contribution is 2.35. The molecule has 0 bridgehead atoms. The molecule has 0 atom stereocenters.